The van der Waals surface area contributed by atoms with Gasteiger partial charge in [0.2, 0.25) is 0 Å². The Hall–Kier alpha value is -3.04. The lowest BCUT2D eigenvalue weighted by Gasteiger charge is -2.40. The van der Waals surface area contributed by atoms with Crippen LogP contribution in [0.4, 0.5) is 5.69 Å². The van der Waals surface area contributed by atoms with Crippen molar-refractivity contribution in [3.05, 3.63) is 57.4 Å². The molecule has 2 fully saturated rings. The molecule has 1 saturated heterocycles. The topological polar surface area (TPSA) is 101 Å². The van der Waals surface area contributed by atoms with Crippen LogP contribution in [0, 0.1) is 13.8 Å². The van der Waals surface area contributed by atoms with Crippen molar-refractivity contribution in [3.8, 4) is 0 Å². The van der Waals surface area contributed by atoms with Gasteiger partial charge >= 0.3 is 0 Å². The number of hydrogen-bond donors (Lipinski definition) is 2. The molecule has 1 spiro atoms. The molecule has 0 amide bonds. The molecule has 9 heteroatoms. The van der Waals surface area contributed by atoms with Gasteiger partial charge in [-0.05, 0) is 57.2 Å². The van der Waals surface area contributed by atoms with E-state index in [1.165, 1.54) is 0 Å². The molecule has 1 saturated carbocycles. The summed E-state index contributed by atoms with van der Waals surface area (Å²) in [5, 5.41) is 22.1. The fraction of sp³-hybridized carbons (Fsp3) is 0.500. The first-order chi connectivity index (χ1) is 16.0. The smallest absolute Gasteiger partial charge is 0.276 e. The van der Waals surface area contributed by atoms with Crippen molar-refractivity contribution in [2.24, 2.45) is 0 Å². The first-order valence-corrected chi connectivity index (χ1v) is 11.7. The van der Waals surface area contributed by atoms with E-state index in [-0.39, 0.29) is 29.8 Å². The predicted molar refractivity (Wildman–Crippen MR) is 125 cm³/mol. The van der Waals surface area contributed by atoms with Crippen molar-refractivity contribution >= 4 is 17.4 Å². The zero-order chi connectivity index (χ0) is 22.7. The molecule has 9 nitrogen and oxygen atoms in total. The maximum absolute atomic E-state index is 13.4. The van der Waals surface area contributed by atoms with Gasteiger partial charge in [-0.1, -0.05) is 6.08 Å². The number of imidazole rings is 1. The van der Waals surface area contributed by atoms with Crippen LogP contribution in [0.2, 0.25) is 0 Å². The average molecular weight is 448 g/mol. The van der Waals surface area contributed by atoms with Crippen LogP contribution in [0.1, 0.15) is 60.3 Å². The maximum Gasteiger partial charge on any atom is 0.276 e. The number of rotatable bonds is 4. The second-order valence-electron chi connectivity index (χ2n) is 9.69. The summed E-state index contributed by atoms with van der Waals surface area (Å²) < 4.78 is 3.50. The van der Waals surface area contributed by atoms with Crippen LogP contribution in [0.3, 0.4) is 0 Å². The molecule has 2 N–H and O–H groups in total. The van der Waals surface area contributed by atoms with E-state index >= 15 is 0 Å². The van der Waals surface area contributed by atoms with E-state index in [0.717, 1.165) is 60.5 Å². The summed E-state index contributed by atoms with van der Waals surface area (Å²) in [5.41, 5.74) is 5.22. The Morgan fingerprint density at radius 2 is 2.15 bits per heavy atom. The quantitative estimate of drug-likeness (QED) is 0.633. The zero-order valence-corrected chi connectivity index (χ0v) is 19.0. The molecule has 172 valence electrons. The normalized spacial score (nSPS) is 23.6. The fourth-order valence-electron chi connectivity index (χ4n) is 5.57. The van der Waals surface area contributed by atoms with Crippen LogP contribution in [0.15, 0.2) is 29.3 Å². The molecule has 33 heavy (non-hydrogen) atoms. The summed E-state index contributed by atoms with van der Waals surface area (Å²) in [6, 6.07) is 2.00. The first-order valence-electron chi connectivity index (χ1n) is 11.7. The number of piperidine rings is 1. The molecule has 0 bridgehead atoms. The van der Waals surface area contributed by atoms with Gasteiger partial charge in [0.05, 0.1) is 53.7 Å². The summed E-state index contributed by atoms with van der Waals surface area (Å²) in [7, 11) is 0. The van der Waals surface area contributed by atoms with Gasteiger partial charge in [0.1, 0.15) is 0 Å². The largest absolute Gasteiger partial charge is 0.395 e. The Morgan fingerprint density at radius 1 is 1.30 bits per heavy atom. The van der Waals surface area contributed by atoms with Crippen LogP contribution < -0.4 is 10.9 Å². The number of aromatic nitrogens is 5. The predicted octanol–water partition coefficient (Wildman–Crippen LogP) is 2.24. The Labute approximate surface area is 191 Å². The van der Waals surface area contributed by atoms with E-state index in [1.54, 1.807) is 10.9 Å². The van der Waals surface area contributed by atoms with Gasteiger partial charge in [-0.2, -0.15) is 10.2 Å². The minimum atomic E-state index is -0.142. The van der Waals surface area contributed by atoms with E-state index in [1.807, 2.05) is 42.8 Å². The first kappa shape index (κ1) is 20.6. The molecule has 1 aliphatic carbocycles. The number of aliphatic hydroxyl groups is 1. The SMILES string of the molecule is Cc1cn2nc(C3C=Cc4c(cnn(C5CCN(CCO)C6(CC6)C5)c4=O)N3)cc(C)c2n1. The molecule has 3 aromatic heterocycles. The van der Waals surface area contributed by atoms with Crippen molar-refractivity contribution in [2.45, 2.75) is 57.2 Å². The Kier molecular flexibility index (Phi) is 4.67. The number of nitrogens with one attached hydrogen (secondary N) is 1. The van der Waals surface area contributed by atoms with Crippen molar-refractivity contribution in [1.82, 2.24) is 29.3 Å². The maximum atomic E-state index is 13.4. The van der Waals surface area contributed by atoms with Crippen molar-refractivity contribution in [2.75, 3.05) is 25.0 Å². The molecular weight excluding hydrogens is 418 g/mol. The van der Waals surface area contributed by atoms with Gasteiger partial charge < -0.3 is 10.4 Å². The van der Waals surface area contributed by atoms with Gasteiger partial charge in [0, 0.05) is 18.6 Å². The molecule has 2 atom stereocenters. The number of aliphatic hydroxyl groups excluding tert-OH is 1. The molecule has 3 aromatic rings. The standard InChI is InChI=1S/C24H29N7O2/c1-15-11-20(28-30-14-16(2)26-22(15)30)19-4-3-18-21(27-19)13-25-31(23(18)33)17-5-8-29(9-10-32)24(12-17)6-7-24/h3-4,11,13-14,17,19,27,32H,5-10,12H2,1-2H3. The zero-order valence-electron chi connectivity index (χ0n) is 19.0. The second-order valence-corrected chi connectivity index (χ2v) is 9.69. The minimum Gasteiger partial charge on any atom is -0.395 e. The summed E-state index contributed by atoms with van der Waals surface area (Å²) in [6.45, 7) is 5.79. The van der Waals surface area contributed by atoms with Crippen LogP contribution in [0.5, 0.6) is 0 Å². The molecule has 6 rings (SSSR count). The van der Waals surface area contributed by atoms with Crippen molar-refractivity contribution in [3.63, 3.8) is 0 Å². The lowest BCUT2D eigenvalue weighted by molar-refractivity contribution is 0.0721. The van der Waals surface area contributed by atoms with Gasteiger partial charge in [0.25, 0.3) is 5.56 Å². The average Bonchev–Trinajstić information content (AvgIpc) is 3.46. The van der Waals surface area contributed by atoms with E-state index in [0.29, 0.717) is 12.1 Å². The molecule has 3 aliphatic rings. The van der Waals surface area contributed by atoms with E-state index < -0.39 is 0 Å². The van der Waals surface area contributed by atoms with Gasteiger partial charge in [-0.25, -0.2) is 14.2 Å². The fourth-order valence-corrected chi connectivity index (χ4v) is 5.57. The lowest BCUT2D eigenvalue weighted by Crippen LogP contribution is -2.48. The van der Waals surface area contributed by atoms with E-state index in [9.17, 15) is 9.90 Å². The van der Waals surface area contributed by atoms with Crippen molar-refractivity contribution in [1.29, 1.82) is 0 Å². The number of anilines is 1. The Morgan fingerprint density at radius 3 is 2.94 bits per heavy atom. The lowest BCUT2D eigenvalue weighted by atomic mass is 9.94. The second kappa shape index (κ2) is 7.50. The third-order valence-electron chi connectivity index (χ3n) is 7.44. The number of fused-ring (bicyclic) bond motifs is 2. The molecule has 0 radical (unpaired) electrons. The highest BCUT2D eigenvalue weighted by Crippen LogP contribution is 2.50. The highest BCUT2D eigenvalue weighted by molar-refractivity contribution is 5.69. The summed E-state index contributed by atoms with van der Waals surface area (Å²) in [5.74, 6) is 0. The molecule has 5 heterocycles. The minimum absolute atomic E-state index is 0.0454. The molecular formula is C24H29N7O2. The third-order valence-corrected chi connectivity index (χ3v) is 7.44. The summed E-state index contributed by atoms with van der Waals surface area (Å²) >= 11 is 0. The number of aryl methyl sites for hydroxylation is 2. The van der Waals surface area contributed by atoms with Crippen LogP contribution >= 0.6 is 0 Å². The van der Waals surface area contributed by atoms with Crippen LogP contribution in [0.25, 0.3) is 11.7 Å². The Balaban J connectivity index is 1.27. The van der Waals surface area contributed by atoms with Gasteiger partial charge in [-0.3, -0.25) is 9.69 Å². The van der Waals surface area contributed by atoms with E-state index in [2.05, 4.69) is 20.3 Å². The number of β-amino-alcohol motifs (C(OH)–C–C–N with tert-alkyl or cyclic N) is 1. The highest BCUT2D eigenvalue weighted by Gasteiger charge is 2.51. The molecule has 0 aromatic carbocycles. The molecule has 2 aliphatic heterocycles. The van der Waals surface area contributed by atoms with Crippen LogP contribution in [-0.2, 0) is 0 Å². The van der Waals surface area contributed by atoms with Crippen LogP contribution in [-0.4, -0.2) is 59.6 Å². The van der Waals surface area contributed by atoms with Gasteiger partial charge in [0.15, 0.2) is 5.65 Å². The Bertz CT molecular complexity index is 1320. The third kappa shape index (κ3) is 3.38. The molecule has 2 unspecified atom stereocenters. The summed E-state index contributed by atoms with van der Waals surface area (Å²) in [6.07, 6.45) is 11.7. The number of likely N-dealkylation sites (tertiary alicyclic amines) is 1. The van der Waals surface area contributed by atoms with E-state index in [4.69, 9.17) is 5.10 Å². The summed E-state index contributed by atoms with van der Waals surface area (Å²) in [4.78, 5) is 20.3. The monoisotopic (exact) mass is 447 g/mol. The highest BCUT2D eigenvalue weighted by atomic mass is 16.3. The van der Waals surface area contributed by atoms with Gasteiger partial charge in [-0.15, -0.1) is 0 Å². The number of hydrogen-bond acceptors (Lipinski definition) is 7. The van der Waals surface area contributed by atoms with Crippen molar-refractivity contribution < 1.29 is 5.11 Å². The number of nitrogens with zero attached hydrogens (tertiary/aromatic N) is 6.